The van der Waals surface area contributed by atoms with Crippen molar-refractivity contribution in [2.45, 2.75) is 11.8 Å². The summed E-state index contributed by atoms with van der Waals surface area (Å²) < 4.78 is 27.3. The van der Waals surface area contributed by atoms with Crippen LogP contribution in [-0.2, 0) is 9.05 Å². The maximum atomic E-state index is 11.0. The van der Waals surface area contributed by atoms with E-state index in [1.807, 2.05) is 0 Å². The molecule has 1 aromatic carbocycles. The Morgan fingerprint density at radius 3 is 2.31 bits per heavy atom. The molecule has 0 N–H and O–H groups in total. The summed E-state index contributed by atoms with van der Waals surface area (Å²) in [6, 6.07) is 6.09. The first-order chi connectivity index (χ1) is 7.47. The monoisotopic (exact) mass is 257 g/mol. The second-order valence-corrected chi connectivity index (χ2v) is 5.77. The largest absolute Gasteiger partial charge is 0.441 e. The van der Waals surface area contributed by atoms with Crippen molar-refractivity contribution in [3.8, 4) is 11.3 Å². The van der Waals surface area contributed by atoms with Crippen molar-refractivity contribution in [1.29, 1.82) is 0 Å². The summed E-state index contributed by atoms with van der Waals surface area (Å²) >= 11 is 0. The van der Waals surface area contributed by atoms with Crippen LogP contribution in [0.1, 0.15) is 5.89 Å². The maximum Gasteiger partial charge on any atom is 0.261 e. The van der Waals surface area contributed by atoms with Gasteiger partial charge in [0.15, 0.2) is 11.7 Å². The number of oxazole rings is 1. The Morgan fingerprint density at radius 2 is 1.88 bits per heavy atom. The zero-order valence-electron chi connectivity index (χ0n) is 8.34. The lowest BCUT2D eigenvalue weighted by molar-refractivity contribution is 0.534. The minimum absolute atomic E-state index is 0.0640. The summed E-state index contributed by atoms with van der Waals surface area (Å²) in [4.78, 5) is 4.02. The third-order valence-electron chi connectivity index (χ3n) is 2.04. The summed E-state index contributed by atoms with van der Waals surface area (Å²) in [5, 5.41) is 0. The van der Waals surface area contributed by atoms with Crippen molar-refractivity contribution in [2.24, 2.45) is 0 Å². The van der Waals surface area contributed by atoms with Gasteiger partial charge in [-0.2, -0.15) is 0 Å². The molecule has 0 atom stereocenters. The van der Waals surface area contributed by atoms with E-state index in [1.165, 1.54) is 12.1 Å². The minimum atomic E-state index is -3.67. The van der Waals surface area contributed by atoms with Crippen molar-refractivity contribution < 1.29 is 12.8 Å². The van der Waals surface area contributed by atoms with Crippen molar-refractivity contribution in [3.05, 3.63) is 36.4 Å². The molecule has 0 amide bonds. The van der Waals surface area contributed by atoms with Gasteiger partial charge in [-0.1, -0.05) is 0 Å². The number of benzene rings is 1. The fourth-order valence-electron chi connectivity index (χ4n) is 1.28. The van der Waals surface area contributed by atoms with Crippen LogP contribution in [0.2, 0.25) is 0 Å². The highest BCUT2D eigenvalue weighted by molar-refractivity contribution is 8.13. The molecule has 0 saturated carbocycles. The molecule has 16 heavy (non-hydrogen) atoms. The van der Waals surface area contributed by atoms with Gasteiger partial charge in [0.05, 0.1) is 11.1 Å². The van der Waals surface area contributed by atoms with Crippen LogP contribution in [0.15, 0.2) is 39.8 Å². The van der Waals surface area contributed by atoms with E-state index in [0.29, 0.717) is 11.7 Å². The molecule has 4 nitrogen and oxygen atoms in total. The molecule has 0 aliphatic heterocycles. The number of hydrogen-bond donors (Lipinski definition) is 0. The summed E-state index contributed by atoms with van der Waals surface area (Å²) in [7, 11) is 1.53. The summed E-state index contributed by atoms with van der Waals surface area (Å²) in [5.41, 5.74) is 0.754. The number of aryl methyl sites for hydroxylation is 1. The van der Waals surface area contributed by atoms with Gasteiger partial charge >= 0.3 is 0 Å². The molecule has 2 rings (SSSR count). The highest BCUT2D eigenvalue weighted by Crippen LogP contribution is 2.23. The Labute approximate surface area is 97.3 Å². The molecule has 0 unspecified atom stereocenters. The highest BCUT2D eigenvalue weighted by atomic mass is 35.7. The fraction of sp³-hybridized carbons (Fsp3) is 0.100. The van der Waals surface area contributed by atoms with Crippen molar-refractivity contribution in [1.82, 2.24) is 4.98 Å². The second kappa shape index (κ2) is 3.92. The average molecular weight is 258 g/mol. The Balaban J connectivity index is 2.40. The Hall–Kier alpha value is -1.33. The molecule has 0 bridgehead atoms. The Kier molecular flexibility index (Phi) is 2.73. The molecule has 0 saturated heterocycles. The van der Waals surface area contributed by atoms with E-state index >= 15 is 0 Å². The molecule has 1 aromatic heterocycles. The lowest BCUT2D eigenvalue weighted by atomic mass is 10.2. The maximum absolute atomic E-state index is 11.0. The first-order valence-corrected chi connectivity index (χ1v) is 6.75. The van der Waals surface area contributed by atoms with Crippen LogP contribution in [-0.4, -0.2) is 13.4 Å². The molecule has 6 heteroatoms. The predicted molar refractivity (Wildman–Crippen MR) is 59.7 cm³/mol. The van der Waals surface area contributed by atoms with Crippen LogP contribution in [0, 0.1) is 6.92 Å². The molecule has 0 radical (unpaired) electrons. The molecule has 2 aromatic rings. The SMILES string of the molecule is Cc1ncc(-c2ccc(S(=O)(=O)Cl)cc2)o1. The lowest BCUT2D eigenvalue weighted by Gasteiger charge is -1.98. The van der Waals surface area contributed by atoms with Gasteiger partial charge in [-0.3, -0.25) is 0 Å². The van der Waals surface area contributed by atoms with E-state index in [2.05, 4.69) is 4.98 Å². The summed E-state index contributed by atoms with van der Waals surface area (Å²) in [5.74, 6) is 1.15. The van der Waals surface area contributed by atoms with Gasteiger partial charge in [0, 0.05) is 23.2 Å². The molecule has 0 aliphatic rings. The number of nitrogens with zero attached hydrogens (tertiary/aromatic N) is 1. The van der Waals surface area contributed by atoms with Crippen LogP contribution in [0.5, 0.6) is 0 Å². The fourth-order valence-corrected chi connectivity index (χ4v) is 2.05. The molecule has 1 heterocycles. The van der Waals surface area contributed by atoms with Crippen LogP contribution in [0.25, 0.3) is 11.3 Å². The predicted octanol–water partition coefficient (Wildman–Crippen LogP) is 2.58. The second-order valence-electron chi connectivity index (χ2n) is 3.21. The first-order valence-electron chi connectivity index (χ1n) is 4.44. The number of rotatable bonds is 2. The first kappa shape index (κ1) is 11.2. The van der Waals surface area contributed by atoms with E-state index in [4.69, 9.17) is 15.1 Å². The molecule has 0 aliphatic carbocycles. The van der Waals surface area contributed by atoms with E-state index in [9.17, 15) is 8.42 Å². The van der Waals surface area contributed by atoms with Crippen LogP contribution < -0.4 is 0 Å². The van der Waals surface area contributed by atoms with Crippen LogP contribution in [0.4, 0.5) is 0 Å². The Bertz CT molecular complexity index is 601. The lowest BCUT2D eigenvalue weighted by Crippen LogP contribution is -1.89. The van der Waals surface area contributed by atoms with Gasteiger partial charge < -0.3 is 4.42 Å². The van der Waals surface area contributed by atoms with Crippen LogP contribution >= 0.6 is 10.7 Å². The molecule has 84 valence electrons. The third kappa shape index (κ3) is 2.25. The van der Waals surface area contributed by atoms with Crippen molar-refractivity contribution >= 4 is 19.7 Å². The standard InChI is InChI=1S/C10H8ClNO3S/c1-7-12-6-10(15-7)8-2-4-9(5-3-8)16(11,13)14/h2-6H,1H3. The summed E-state index contributed by atoms with van der Waals surface area (Å²) in [6.45, 7) is 1.74. The average Bonchev–Trinajstić information content (AvgIpc) is 2.64. The van der Waals surface area contributed by atoms with E-state index in [-0.39, 0.29) is 4.90 Å². The smallest absolute Gasteiger partial charge is 0.261 e. The van der Waals surface area contributed by atoms with Gasteiger partial charge in [0.25, 0.3) is 9.05 Å². The molecular weight excluding hydrogens is 250 g/mol. The number of hydrogen-bond acceptors (Lipinski definition) is 4. The number of aromatic nitrogens is 1. The van der Waals surface area contributed by atoms with Gasteiger partial charge in [-0.05, 0) is 24.3 Å². The van der Waals surface area contributed by atoms with Crippen LogP contribution in [0.3, 0.4) is 0 Å². The normalized spacial score (nSPS) is 11.6. The van der Waals surface area contributed by atoms with Crippen molar-refractivity contribution in [3.63, 3.8) is 0 Å². The quantitative estimate of drug-likeness (QED) is 0.776. The highest BCUT2D eigenvalue weighted by Gasteiger charge is 2.10. The van der Waals surface area contributed by atoms with Gasteiger partial charge in [0.2, 0.25) is 0 Å². The topological polar surface area (TPSA) is 60.2 Å². The minimum Gasteiger partial charge on any atom is -0.441 e. The third-order valence-corrected chi connectivity index (χ3v) is 3.41. The molecular formula is C10H8ClNO3S. The zero-order valence-corrected chi connectivity index (χ0v) is 9.92. The van der Waals surface area contributed by atoms with E-state index in [1.54, 1.807) is 25.3 Å². The van der Waals surface area contributed by atoms with Gasteiger partial charge in [-0.25, -0.2) is 13.4 Å². The Morgan fingerprint density at radius 1 is 1.25 bits per heavy atom. The van der Waals surface area contributed by atoms with E-state index < -0.39 is 9.05 Å². The van der Waals surface area contributed by atoms with Crippen molar-refractivity contribution in [2.75, 3.05) is 0 Å². The number of halogens is 1. The zero-order chi connectivity index (χ0) is 11.8. The van der Waals surface area contributed by atoms with Gasteiger partial charge in [0.1, 0.15) is 0 Å². The molecule has 0 spiro atoms. The molecule has 0 fully saturated rings. The summed E-state index contributed by atoms with van der Waals surface area (Å²) in [6.07, 6.45) is 1.58. The van der Waals surface area contributed by atoms with E-state index in [0.717, 1.165) is 5.56 Å². The van der Waals surface area contributed by atoms with Gasteiger partial charge in [-0.15, -0.1) is 0 Å².